The summed E-state index contributed by atoms with van der Waals surface area (Å²) < 4.78 is 0. The number of hydrogen-bond donors (Lipinski definition) is 1. The van der Waals surface area contributed by atoms with E-state index in [1.165, 1.54) is 0 Å². The van der Waals surface area contributed by atoms with Crippen LogP contribution in [0.4, 0.5) is 4.79 Å². The first kappa shape index (κ1) is 13.4. The molecule has 0 bridgehead atoms. The fraction of sp³-hybridized carbons (Fsp3) is 0.857. The van der Waals surface area contributed by atoms with Crippen molar-refractivity contribution in [3.63, 3.8) is 0 Å². The average molecular weight is 252 g/mol. The molecule has 2 aliphatic rings. The van der Waals surface area contributed by atoms with E-state index in [1.807, 2.05) is 0 Å². The lowest BCUT2D eigenvalue weighted by molar-refractivity contribution is -0.126. The minimum absolute atomic E-state index is 0.0687. The Kier molecular flexibility index (Phi) is 3.39. The molecule has 3 amide bonds. The first-order valence-electron chi connectivity index (χ1n) is 6.98. The molecule has 0 aromatic rings. The summed E-state index contributed by atoms with van der Waals surface area (Å²) in [6, 6.07) is -0.184. The summed E-state index contributed by atoms with van der Waals surface area (Å²) in [5.74, 6) is -0.0687. The molecule has 4 heteroatoms. The Bertz CT molecular complexity index is 351. The molecule has 102 valence electrons. The quantitative estimate of drug-likeness (QED) is 0.785. The predicted molar refractivity (Wildman–Crippen MR) is 70.1 cm³/mol. The van der Waals surface area contributed by atoms with Gasteiger partial charge in [0.25, 0.3) is 5.91 Å². The second-order valence-electron chi connectivity index (χ2n) is 6.81. The Morgan fingerprint density at radius 3 is 2.39 bits per heavy atom. The molecule has 0 atom stereocenters. The van der Waals surface area contributed by atoms with Crippen molar-refractivity contribution in [3.8, 4) is 0 Å². The number of hydrogen-bond acceptors (Lipinski definition) is 2. The number of imide groups is 1. The molecular weight excluding hydrogens is 228 g/mol. The van der Waals surface area contributed by atoms with Crippen molar-refractivity contribution in [2.24, 2.45) is 5.41 Å². The van der Waals surface area contributed by atoms with Gasteiger partial charge in [0, 0.05) is 6.54 Å². The summed E-state index contributed by atoms with van der Waals surface area (Å²) in [5.41, 5.74) is -0.224. The van der Waals surface area contributed by atoms with Gasteiger partial charge in [-0.2, -0.15) is 0 Å². The molecule has 2 rings (SSSR count). The number of nitrogens with zero attached hydrogens (tertiary/aromatic N) is 1. The topological polar surface area (TPSA) is 49.4 Å². The van der Waals surface area contributed by atoms with Gasteiger partial charge in [-0.25, -0.2) is 4.79 Å². The smallest absolute Gasteiger partial charge is 0.310 e. The fourth-order valence-electron chi connectivity index (χ4n) is 3.14. The highest BCUT2D eigenvalue weighted by Crippen LogP contribution is 2.39. The Hall–Kier alpha value is -1.06. The molecular formula is C14H24N2O2. The number of carbonyl (C=O) groups excluding carboxylic acids is 2. The SMILES string of the molecule is CC(C)(C)CCCN1C(=O)NC(=O)C12CCCC2. The highest BCUT2D eigenvalue weighted by Gasteiger charge is 2.53. The van der Waals surface area contributed by atoms with Gasteiger partial charge in [0.1, 0.15) is 5.54 Å². The molecule has 18 heavy (non-hydrogen) atoms. The van der Waals surface area contributed by atoms with E-state index < -0.39 is 5.54 Å². The molecule has 1 aliphatic heterocycles. The third kappa shape index (κ3) is 2.38. The van der Waals surface area contributed by atoms with E-state index in [9.17, 15) is 9.59 Å². The maximum absolute atomic E-state index is 12.0. The molecule has 0 radical (unpaired) electrons. The number of rotatable bonds is 3. The van der Waals surface area contributed by atoms with E-state index in [1.54, 1.807) is 4.90 Å². The first-order chi connectivity index (χ1) is 8.35. The van der Waals surface area contributed by atoms with E-state index in [4.69, 9.17) is 0 Å². The van der Waals surface area contributed by atoms with Gasteiger partial charge in [-0.05, 0) is 31.1 Å². The minimum atomic E-state index is -0.505. The van der Waals surface area contributed by atoms with E-state index >= 15 is 0 Å². The van der Waals surface area contributed by atoms with Crippen LogP contribution in [0.5, 0.6) is 0 Å². The molecule has 0 aromatic carbocycles. The van der Waals surface area contributed by atoms with Crippen molar-refractivity contribution in [2.75, 3.05) is 6.54 Å². The zero-order valence-electron chi connectivity index (χ0n) is 11.7. The van der Waals surface area contributed by atoms with Gasteiger partial charge in [0.05, 0.1) is 0 Å². The van der Waals surface area contributed by atoms with Crippen LogP contribution >= 0.6 is 0 Å². The van der Waals surface area contributed by atoms with Gasteiger partial charge in [-0.3, -0.25) is 10.1 Å². The third-order valence-corrected chi connectivity index (χ3v) is 4.14. The molecule has 4 nitrogen and oxygen atoms in total. The van der Waals surface area contributed by atoms with Gasteiger partial charge in [0.15, 0.2) is 0 Å². The van der Waals surface area contributed by atoms with Gasteiger partial charge in [0.2, 0.25) is 0 Å². The van der Waals surface area contributed by atoms with Gasteiger partial charge in [-0.1, -0.05) is 33.6 Å². The molecule has 0 unspecified atom stereocenters. The zero-order valence-corrected chi connectivity index (χ0v) is 11.7. The third-order valence-electron chi connectivity index (χ3n) is 4.14. The zero-order chi connectivity index (χ0) is 13.4. The maximum Gasteiger partial charge on any atom is 0.325 e. The minimum Gasteiger partial charge on any atom is -0.310 e. The lowest BCUT2D eigenvalue weighted by Crippen LogP contribution is -2.47. The largest absolute Gasteiger partial charge is 0.325 e. The summed E-state index contributed by atoms with van der Waals surface area (Å²) in [6.45, 7) is 7.31. The highest BCUT2D eigenvalue weighted by molar-refractivity contribution is 6.07. The van der Waals surface area contributed by atoms with E-state index in [2.05, 4.69) is 26.1 Å². The normalized spacial score (nSPS) is 22.9. The summed E-state index contributed by atoms with van der Waals surface area (Å²) >= 11 is 0. The van der Waals surface area contributed by atoms with Crippen LogP contribution < -0.4 is 5.32 Å². The lowest BCUT2D eigenvalue weighted by Gasteiger charge is -2.32. The van der Waals surface area contributed by atoms with E-state index in [-0.39, 0.29) is 17.4 Å². The summed E-state index contributed by atoms with van der Waals surface area (Å²) in [7, 11) is 0. The second kappa shape index (κ2) is 4.56. The molecule has 1 aliphatic carbocycles. The van der Waals surface area contributed by atoms with Gasteiger partial charge >= 0.3 is 6.03 Å². The van der Waals surface area contributed by atoms with Crippen molar-refractivity contribution in [1.29, 1.82) is 0 Å². The van der Waals surface area contributed by atoms with E-state index in [0.29, 0.717) is 6.54 Å². The van der Waals surface area contributed by atoms with Crippen LogP contribution in [0.2, 0.25) is 0 Å². The lowest BCUT2D eigenvalue weighted by atomic mass is 9.89. The monoisotopic (exact) mass is 252 g/mol. The van der Waals surface area contributed by atoms with Crippen molar-refractivity contribution in [3.05, 3.63) is 0 Å². The number of urea groups is 1. The maximum atomic E-state index is 12.0. The Balaban J connectivity index is 2.01. The summed E-state index contributed by atoms with van der Waals surface area (Å²) in [6.07, 6.45) is 5.81. The molecule has 1 saturated heterocycles. The Morgan fingerprint density at radius 1 is 1.22 bits per heavy atom. The molecule has 2 fully saturated rings. The fourth-order valence-corrected chi connectivity index (χ4v) is 3.14. The van der Waals surface area contributed by atoms with Crippen molar-refractivity contribution < 1.29 is 9.59 Å². The number of nitrogens with one attached hydrogen (secondary N) is 1. The van der Waals surface area contributed by atoms with E-state index in [0.717, 1.165) is 38.5 Å². The van der Waals surface area contributed by atoms with Crippen molar-refractivity contribution >= 4 is 11.9 Å². The standard InChI is InChI=1S/C14H24N2O2/c1-13(2,3)7-6-10-16-12(18)15-11(17)14(16)8-4-5-9-14/h4-10H2,1-3H3,(H,15,17,18). The van der Waals surface area contributed by atoms with Crippen LogP contribution in [-0.2, 0) is 4.79 Å². The number of carbonyl (C=O) groups is 2. The predicted octanol–water partition coefficient (Wildman–Crippen LogP) is 2.68. The van der Waals surface area contributed by atoms with Crippen molar-refractivity contribution in [2.45, 2.75) is 64.8 Å². The summed E-state index contributed by atoms with van der Waals surface area (Å²) in [5, 5.41) is 2.50. The first-order valence-corrected chi connectivity index (χ1v) is 6.98. The summed E-state index contributed by atoms with van der Waals surface area (Å²) in [4.78, 5) is 25.7. The molecule has 1 spiro atoms. The highest BCUT2D eigenvalue weighted by atomic mass is 16.2. The molecule has 1 N–H and O–H groups in total. The van der Waals surface area contributed by atoms with Crippen LogP contribution in [0.3, 0.4) is 0 Å². The van der Waals surface area contributed by atoms with Crippen LogP contribution in [0.1, 0.15) is 59.3 Å². The van der Waals surface area contributed by atoms with Gasteiger partial charge < -0.3 is 4.90 Å². The van der Waals surface area contributed by atoms with Crippen LogP contribution in [0.15, 0.2) is 0 Å². The molecule has 0 aromatic heterocycles. The van der Waals surface area contributed by atoms with Crippen LogP contribution in [0.25, 0.3) is 0 Å². The van der Waals surface area contributed by atoms with Crippen LogP contribution in [0, 0.1) is 5.41 Å². The molecule has 1 heterocycles. The Morgan fingerprint density at radius 2 is 1.83 bits per heavy atom. The average Bonchev–Trinajstić information content (AvgIpc) is 2.79. The second-order valence-corrected chi connectivity index (χ2v) is 6.81. The van der Waals surface area contributed by atoms with Crippen molar-refractivity contribution in [1.82, 2.24) is 10.2 Å². The van der Waals surface area contributed by atoms with Crippen LogP contribution in [-0.4, -0.2) is 28.9 Å². The van der Waals surface area contributed by atoms with Gasteiger partial charge in [-0.15, -0.1) is 0 Å². The Labute approximate surface area is 109 Å². The molecule has 1 saturated carbocycles. The number of amides is 3.